The van der Waals surface area contributed by atoms with Crippen molar-refractivity contribution < 1.29 is 27.5 Å². The second-order valence-corrected chi connectivity index (χ2v) is 8.80. The predicted molar refractivity (Wildman–Crippen MR) is 111 cm³/mol. The van der Waals surface area contributed by atoms with E-state index in [-0.39, 0.29) is 29.2 Å². The van der Waals surface area contributed by atoms with Crippen LogP contribution in [0.1, 0.15) is 23.9 Å². The number of nitriles is 1. The molecule has 172 valence electrons. The fraction of sp³-hybridized carbons (Fsp3) is 0.333. The molecule has 2 N–H and O–H groups in total. The lowest BCUT2D eigenvalue weighted by Crippen LogP contribution is -2.45. The Morgan fingerprint density at radius 3 is 2.76 bits per heavy atom. The molecule has 33 heavy (non-hydrogen) atoms. The van der Waals surface area contributed by atoms with Crippen molar-refractivity contribution in [1.82, 2.24) is 15.2 Å². The summed E-state index contributed by atoms with van der Waals surface area (Å²) in [6.45, 7) is 0.387. The molecule has 0 saturated carbocycles. The van der Waals surface area contributed by atoms with Crippen LogP contribution in [0.4, 0.5) is 17.6 Å². The Kier molecular flexibility index (Phi) is 5.71. The number of aliphatic imine (C=N–C) groups is 1. The number of thiazole rings is 1. The molecule has 1 fully saturated rings. The largest absolute Gasteiger partial charge is 0.480 e. The van der Waals surface area contributed by atoms with Gasteiger partial charge < -0.3 is 10.4 Å². The van der Waals surface area contributed by atoms with E-state index < -0.39 is 48.1 Å². The van der Waals surface area contributed by atoms with Crippen LogP contribution in [0.5, 0.6) is 0 Å². The van der Waals surface area contributed by atoms with Gasteiger partial charge in [-0.1, -0.05) is 6.07 Å². The van der Waals surface area contributed by atoms with Crippen molar-refractivity contribution >= 4 is 23.1 Å². The fourth-order valence-corrected chi connectivity index (χ4v) is 4.63. The van der Waals surface area contributed by atoms with Gasteiger partial charge in [0.1, 0.15) is 11.6 Å². The van der Waals surface area contributed by atoms with Crippen LogP contribution in [-0.4, -0.2) is 51.8 Å². The quantitative estimate of drug-likeness (QED) is 0.639. The van der Waals surface area contributed by atoms with Gasteiger partial charge >= 0.3 is 5.97 Å². The molecule has 4 rings (SSSR count). The number of benzene rings is 1. The number of amidine groups is 1. The monoisotopic (exact) mass is 479 g/mol. The van der Waals surface area contributed by atoms with Crippen molar-refractivity contribution in [2.75, 3.05) is 13.1 Å². The third kappa shape index (κ3) is 4.21. The highest BCUT2D eigenvalue weighted by atomic mass is 32.1. The summed E-state index contributed by atoms with van der Waals surface area (Å²) in [6, 6.07) is 3.66. The van der Waals surface area contributed by atoms with Gasteiger partial charge in [-0.3, -0.25) is 9.69 Å². The Bertz CT molecular complexity index is 1210. The average Bonchev–Trinajstić information content (AvgIpc) is 3.37. The van der Waals surface area contributed by atoms with Gasteiger partial charge in [0, 0.05) is 30.2 Å². The number of alkyl halides is 2. The molecule has 0 unspecified atom stereocenters. The zero-order valence-electron chi connectivity index (χ0n) is 17.1. The summed E-state index contributed by atoms with van der Waals surface area (Å²) in [5.41, 5.74) is -1.25. The first-order chi connectivity index (χ1) is 15.5. The number of carboxylic acid groups (broad SMARTS) is 1. The molecule has 12 heteroatoms. The van der Waals surface area contributed by atoms with Crippen LogP contribution in [0.2, 0.25) is 0 Å². The van der Waals surface area contributed by atoms with E-state index in [1.165, 1.54) is 30.5 Å². The van der Waals surface area contributed by atoms with Crippen LogP contribution in [0.3, 0.4) is 0 Å². The normalized spacial score (nSPS) is 24.8. The lowest BCUT2D eigenvalue weighted by Gasteiger charge is -2.34. The van der Waals surface area contributed by atoms with Crippen molar-refractivity contribution in [2.24, 2.45) is 4.99 Å². The van der Waals surface area contributed by atoms with Crippen LogP contribution in [0.15, 0.2) is 46.0 Å². The minimum Gasteiger partial charge on any atom is -0.480 e. The maximum atomic E-state index is 14.1. The maximum absolute atomic E-state index is 14.1. The smallest absolute Gasteiger partial charge is 0.321 e. The Morgan fingerprint density at radius 2 is 2.15 bits per heavy atom. The van der Waals surface area contributed by atoms with E-state index in [9.17, 15) is 32.7 Å². The number of likely N-dealkylation sites (tertiary alicyclic amines) is 1. The van der Waals surface area contributed by atoms with Crippen molar-refractivity contribution in [3.05, 3.63) is 63.3 Å². The number of nitrogens with zero attached hydrogens (tertiary/aromatic N) is 4. The molecule has 1 saturated heterocycles. The molecular weight excluding hydrogens is 462 g/mol. The Hall–Kier alpha value is -3.30. The first-order valence-electron chi connectivity index (χ1n) is 9.75. The summed E-state index contributed by atoms with van der Waals surface area (Å²) in [4.78, 5) is 21.4. The van der Waals surface area contributed by atoms with Gasteiger partial charge in [-0.25, -0.2) is 27.5 Å². The van der Waals surface area contributed by atoms with Crippen LogP contribution in [0.25, 0.3) is 0 Å². The molecule has 0 amide bonds. The van der Waals surface area contributed by atoms with E-state index in [0.717, 1.165) is 17.0 Å². The summed E-state index contributed by atoms with van der Waals surface area (Å²) in [6.07, 6.45) is 0.662. The molecule has 0 bridgehead atoms. The van der Waals surface area contributed by atoms with Gasteiger partial charge in [0.2, 0.25) is 0 Å². The van der Waals surface area contributed by atoms with E-state index >= 15 is 0 Å². The molecule has 2 aliphatic rings. The molecule has 1 aromatic carbocycles. The maximum Gasteiger partial charge on any atom is 0.321 e. The molecule has 0 spiro atoms. The highest BCUT2D eigenvalue weighted by Gasteiger charge is 2.49. The summed E-state index contributed by atoms with van der Waals surface area (Å²) >= 11 is 1.22. The van der Waals surface area contributed by atoms with Crippen LogP contribution in [0, 0.1) is 23.0 Å². The predicted octanol–water partition coefficient (Wildman–Crippen LogP) is 3.26. The topological polar surface area (TPSA) is 102 Å². The minimum atomic E-state index is -3.21. The fourth-order valence-electron chi connectivity index (χ4n) is 4.05. The minimum absolute atomic E-state index is 0.0341. The number of carbonyl (C=O) groups is 1. The molecule has 0 aliphatic carbocycles. The molecule has 1 aromatic heterocycles. The summed E-state index contributed by atoms with van der Waals surface area (Å²) in [5.74, 6) is -6.63. The molecular formula is C21H17F4N5O2S. The zero-order valence-corrected chi connectivity index (χ0v) is 18.0. The Morgan fingerprint density at radius 1 is 1.39 bits per heavy atom. The highest BCUT2D eigenvalue weighted by molar-refractivity contribution is 7.11. The number of aliphatic carboxylic acids is 1. The SMILES string of the molecule is C[C@@]1(c2ccc(F)c(F)c2)N=C(c2nccs2)NC(CN2CC(F)(F)C[C@H]2C(=O)O)=C1C#N. The van der Waals surface area contributed by atoms with E-state index in [1.807, 2.05) is 6.07 Å². The highest BCUT2D eigenvalue weighted by Crippen LogP contribution is 2.40. The Balaban J connectivity index is 1.83. The molecule has 0 radical (unpaired) electrons. The number of nitrogens with one attached hydrogen (secondary N) is 1. The standard InChI is InChI=1S/C21H17F4N5O2S/c1-20(11-2-3-13(22)14(23)6-11)12(8-26)15(28-17(29-20)18-27-4-5-33-18)9-30-10-21(24,25)7-16(30)19(31)32/h2-6,16H,7,9-10H2,1H3,(H,28,29)(H,31,32)/t16-,20-/m0/s1. The molecule has 3 heterocycles. The van der Waals surface area contributed by atoms with Crippen LogP contribution < -0.4 is 5.32 Å². The molecule has 7 nitrogen and oxygen atoms in total. The van der Waals surface area contributed by atoms with Crippen molar-refractivity contribution in [3.63, 3.8) is 0 Å². The average molecular weight is 479 g/mol. The van der Waals surface area contributed by atoms with Crippen LogP contribution in [-0.2, 0) is 10.3 Å². The first-order valence-corrected chi connectivity index (χ1v) is 10.6. The van der Waals surface area contributed by atoms with Crippen molar-refractivity contribution in [1.29, 1.82) is 5.26 Å². The van der Waals surface area contributed by atoms with Gasteiger partial charge in [0.15, 0.2) is 22.5 Å². The first kappa shape index (κ1) is 22.9. The van der Waals surface area contributed by atoms with E-state index in [2.05, 4.69) is 15.3 Å². The third-order valence-electron chi connectivity index (χ3n) is 5.64. The van der Waals surface area contributed by atoms with E-state index in [1.54, 1.807) is 5.38 Å². The van der Waals surface area contributed by atoms with Gasteiger partial charge in [-0.15, -0.1) is 11.3 Å². The van der Waals surface area contributed by atoms with Crippen LogP contribution >= 0.6 is 11.3 Å². The summed E-state index contributed by atoms with van der Waals surface area (Å²) in [5, 5.41) is 24.4. The second kappa shape index (κ2) is 8.24. The number of halogens is 4. The molecule has 2 aliphatic heterocycles. The summed E-state index contributed by atoms with van der Waals surface area (Å²) < 4.78 is 55.7. The third-order valence-corrected chi connectivity index (χ3v) is 6.41. The van der Waals surface area contributed by atoms with E-state index in [0.29, 0.717) is 5.01 Å². The molecule has 2 aromatic rings. The number of aromatic nitrogens is 1. The van der Waals surface area contributed by atoms with Gasteiger partial charge in [0.25, 0.3) is 5.92 Å². The lowest BCUT2D eigenvalue weighted by atomic mass is 9.82. The molecule has 2 atom stereocenters. The number of rotatable bonds is 5. The lowest BCUT2D eigenvalue weighted by molar-refractivity contribution is -0.142. The van der Waals surface area contributed by atoms with E-state index in [4.69, 9.17) is 0 Å². The van der Waals surface area contributed by atoms with Crippen molar-refractivity contribution in [2.45, 2.75) is 30.8 Å². The van der Waals surface area contributed by atoms with Gasteiger partial charge in [-0.05, 0) is 24.6 Å². The summed E-state index contributed by atoms with van der Waals surface area (Å²) in [7, 11) is 0. The number of carboxylic acids is 1. The number of hydrogen-bond acceptors (Lipinski definition) is 7. The van der Waals surface area contributed by atoms with Gasteiger partial charge in [0.05, 0.1) is 18.2 Å². The number of hydrogen-bond donors (Lipinski definition) is 2. The van der Waals surface area contributed by atoms with Gasteiger partial charge in [-0.2, -0.15) is 5.26 Å². The van der Waals surface area contributed by atoms with Crippen molar-refractivity contribution in [3.8, 4) is 6.07 Å². The Labute approximate surface area is 189 Å². The zero-order chi connectivity index (χ0) is 24.0. The second-order valence-electron chi connectivity index (χ2n) is 7.91.